The standard InChI is InChI=1S/C15H21NO4/c1-15(20-9-14(17)18)10-16(11-15)7-12-4-3-5-13(6-12)8-19-2/h3-6H,7-11H2,1-2H3,(H,17,18). The van der Waals surface area contributed by atoms with Gasteiger partial charge in [0.05, 0.1) is 12.2 Å². The van der Waals surface area contributed by atoms with Crippen molar-refractivity contribution in [1.82, 2.24) is 4.90 Å². The van der Waals surface area contributed by atoms with Gasteiger partial charge in [-0.05, 0) is 18.1 Å². The number of carboxylic acids is 1. The molecule has 0 unspecified atom stereocenters. The van der Waals surface area contributed by atoms with E-state index in [1.165, 1.54) is 5.56 Å². The van der Waals surface area contributed by atoms with E-state index in [-0.39, 0.29) is 12.2 Å². The first-order valence-electron chi connectivity index (χ1n) is 6.66. The van der Waals surface area contributed by atoms with E-state index in [1.807, 2.05) is 19.1 Å². The molecule has 0 saturated carbocycles. The van der Waals surface area contributed by atoms with E-state index in [0.717, 1.165) is 25.2 Å². The summed E-state index contributed by atoms with van der Waals surface area (Å²) in [6, 6.07) is 8.30. The van der Waals surface area contributed by atoms with Crippen LogP contribution in [0.2, 0.25) is 0 Å². The number of benzene rings is 1. The quantitative estimate of drug-likeness (QED) is 0.820. The Morgan fingerprint density at radius 3 is 2.75 bits per heavy atom. The van der Waals surface area contributed by atoms with E-state index < -0.39 is 5.97 Å². The zero-order valence-electron chi connectivity index (χ0n) is 12.0. The molecule has 5 nitrogen and oxygen atoms in total. The van der Waals surface area contributed by atoms with Crippen molar-refractivity contribution in [3.8, 4) is 0 Å². The maximum absolute atomic E-state index is 10.5. The number of hydrogen-bond acceptors (Lipinski definition) is 4. The van der Waals surface area contributed by atoms with Gasteiger partial charge in [-0.1, -0.05) is 24.3 Å². The molecule has 0 bridgehead atoms. The zero-order chi connectivity index (χ0) is 14.6. The van der Waals surface area contributed by atoms with E-state index in [0.29, 0.717) is 6.61 Å². The molecule has 0 radical (unpaired) electrons. The van der Waals surface area contributed by atoms with E-state index in [2.05, 4.69) is 17.0 Å². The minimum atomic E-state index is -0.919. The van der Waals surface area contributed by atoms with Crippen LogP contribution in [0.25, 0.3) is 0 Å². The Balaban J connectivity index is 1.82. The molecule has 0 atom stereocenters. The molecule has 1 fully saturated rings. The molecule has 0 amide bonds. The number of likely N-dealkylation sites (tertiary alicyclic amines) is 1. The summed E-state index contributed by atoms with van der Waals surface area (Å²) in [5.41, 5.74) is 2.07. The van der Waals surface area contributed by atoms with E-state index >= 15 is 0 Å². The van der Waals surface area contributed by atoms with Crippen LogP contribution >= 0.6 is 0 Å². The zero-order valence-corrected chi connectivity index (χ0v) is 12.0. The monoisotopic (exact) mass is 279 g/mol. The lowest BCUT2D eigenvalue weighted by molar-refractivity contribution is -0.165. The minimum absolute atomic E-state index is 0.229. The Morgan fingerprint density at radius 2 is 2.10 bits per heavy atom. The average Bonchev–Trinajstić information content (AvgIpc) is 2.35. The predicted molar refractivity (Wildman–Crippen MR) is 74.4 cm³/mol. The van der Waals surface area contributed by atoms with Crippen molar-refractivity contribution in [1.29, 1.82) is 0 Å². The molecule has 1 saturated heterocycles. The maximum Gasteiger partial charge on any atom is 0.329 e. The molecule has 110 valence electrons. The third-order valence-corrected chi connectivity index (χ3v) is 3.37. The van der Waals surface area contributed by atoms with Gasteiger partial charge >= 0.3 is 5.97 Å². The molecule has 5 heteroatoms. The number of hydrogen-bond donors (Lipinski definition) is 1. The highest BCUT2D eigenvalue weighted by molar-refractivity contribution is 5.68. The van der Waals surface area contributed by atoms with Gasteiger partial charge in [-0.15, -0.1) is 0 Å². The van der Waals surface area contributed by atoms with Crippen molar-refractivity contribution in [3.63, 3.8) is 0 Å². The van der Waals surface area contributed by atoms with Crippen LogP contribution in [0.4, 0.5) is 0 Å². The average molecular weight is 279 g/mol. The molecule has 20 heavy (non-hydrogen) atoms. The summed E-state index contributed by atoms with van der Waals surface area (Å²) in [5, 5.41) is 8.63. The molecule has 0 aliphatic carbocycles. The summed E-state index contributed by atoms with van der Waals surface area (Å²) in [6.45, 7) is 4.71. The molecule has 1 aromatic rings. The fourth-order valence-electron chi connectivity index (χ4n) is 2.58. The van der Waals surface area contributed by atoms with Crippen LogP contribution in [0.5, 0.6) is 0 Å². The van der Waals surface area contributed by atoms with E-state index in [4.69, 9.17) is 14.6 Å². The molecular weight excluding hydrogens is 258 g/mol. The summed E-state index contributed by atoms with van der Waals surface area (Å²) in [6.07, 6.45) is 0. The Bertz CT molecular complexity index is 469. The van der Waals surface area contributed by atoms with Crippen LogP contribution in [0.3, 0.4) is 0 Å². The van der Waals surface area contributed by atoms with Gasteiger partial charge in [-0.25, -0.2) is 4.79 Å². The first kappa shape index (κ1) is 15.0. The summed E-state index contributed by atoms with van der Waals surface area (Å²) in [4.78, 5) is 12.8. The van der Waals surface area contributed by atoms with Crippen molar-refractivity contribution >= 4 is 5.97 Å². The number of methoxy groups -OCH3 is 1. The molecule has 1 N–H and O–H groups in total. The van der Waals surface area contributed by atoms with Crippen molar-refractivity contribution < 1.29 is 19.4 Å². The molecule has 1 heterocycles. The van der Waals surface area contributed by atoms with Crippen molar-refractivity contribution in [2.45, 2.75) is 25.7 Å². The largest absolute Gasteiger partial charge is 0.480 e. The summed E-state index contributed by atoms with van der Waals surface area (Å²) in [5.74, 6) is -0.919. The lowest BCUT2D eigenvalue weighted by Crippen LogP contribution is -2.61. The second kappa shape index (κ2) is 6.35. The molecular formula is C15H21NO4. The van der Waals surface area contributed by atoms with Crippen LogP contribution in [0.1, 0.15) is 18.1 Å². The molecule has 0 spiro atoms. The SMILES string of the molecule is COCc1cccc(CN2CC(C)(OCC(=O)O)C2)c1. The van der Waals surface area contributed by atoms with Crippen LogP contribution in [-0.4, -0.2) is 48.4 Å². The summed E-state index contributed by atoms with van der Waals surface area (Å²) in [7, 11) is 1.69. The number of aliphatic carboxylic acids is 1. The highest BCUT2D eigenvalue weighted by Gasteiger charge is 2.39. The number of nitrogens with zero attached hydrogens (tertiary/aromatic N) is 1. The fraction of sp³-hybridized carbons (Fsp3) is 0.533. The second-order valence-corrected chi connectivity index (χ2v) is 5.53. The number of carbonyl (C=O) groups is 1. The molecule has 1 aliphatic rings. The van der Waals surface area contributed by atoms with E-state index in [9.17, 15) is 4.79 Å². The first-order chi connectivity index (χ1) is 9.50. The van der Waals surface area contributed by atoms with Gasteiger partial charge in [-0.3, -0.25) is 4.90 Å². The number of ether oxygens (including phenoxy) is 2. The van der Waals surface area contributed by atoms with Crippen molar-refractivity contribution in [3.05, 3.63) is 35.4 Å². The Morgan fingerprint density at radius 1 is 1.40 bits per heavy atom. The van der Waals surface area contributed by atoms with Crippen LogP contribution in [0.15, 0.2) is 24.3 Å². The lowest BCUT2D eigenvalue weighted by atomic mass is 9.95. The normalized spacial score (nSPS) is 17.7. The molecule has 0 aromatic heterocycles. The Hall–Kier alpha value is -1.43. The maximum atomic E-state index is 10.5. The van der Waals surface area contributed by atoms with E-state index in [1.54, 1.807) is 7.11 Å². The molecule has 1 aliphatic heterocycles. The van der Waals surface area contributed by atoms with Gasteiger partial charge in [0.15, 0.2) is 0 Å². The van der Waals surface area contributed by atoms with Gasteiger partial charge in [0.2, 0.25) is 0 Å². The third kappa shape index (κ3) is 4.03. The van der Waals surface area contributed by atoms with Crippen molar-refractivity contribution in [2.75, 3.05) is 26.8 Å². The van der Waals surface area contributed by atoms with Gasteiger partial charge in [0.1, 0.15) is 6.61 Å². The van der Waals surface area contributed by atoms with Crippen LogP contribution in [-0.2, 0) is 27.4 Å². The van der Waals surface area contributed by atoms with Crippen LogP contribution in [0, 0.1) is 0 Å². The fourth-order valence-corrected chi connectivity index (χ4v) is 2.58. The van der Waals surface area contributed by atoms with Gasteiger partial charge < -0.3 is 14.6 Å². The Kier molecular flexibility index (Phi) is 4.75. The van der Waals surface area contributed by atoms with Crippen molar-refractivity contribution in [2.24, 2.45) is 0 Å². The highest BCUT2D eigenvalue weighted by Crippen LogP contribution is 2.26. The topological polar surface area (TPSA) is 59.0 Å². The highest BCUT2D eigenvalue weighted by atomic mass is 16.5. The number of carboxylic acid groups (broad SMARTS) is 1. The molecule has 2 rings (SSSR count). The van der Waals surface area contributed by atoms with Crippen LogP contribution < -0.4 is 0 Å². The van der Waals surface area contributed by atoms with Gasteiger partial charge in [0.25, 0.3) is 0 Å². The molecule has 1 aromatic carbocycles. The summed E-state index contributed by atoms with van der Waals surface area (Å²) < 4.78 is 10.5. The predicted octanol–water partition coefficient (Wildman–Crippen LogP) is 1.51. The summed E-state index contributed by atoms with van der Waals surface area (Å²) >= 11 is 0. The third-order valence-electron chi connectivity index (χ3n) is 3.37. The van der Waals surface area contributed by atoms with Gasteiger partial charge in [-0.2, -0.15) is 0 Å². The second-order valence-electron chi connectivity index (χ2n) is 5.53. The number of rotatable bonds is 7. The first-order valence-corrected chi connectivity index (χ1v) is 6.66. The smallest absolute Gasteiger partial charge is 0.329 e. The van der Waals surface area contributed by atoms with Gasteiger partial charge in [0, 0.05) is 26.7 Å². The minimum Gasteiger partial charge on any atom is -0.480 e. The lowest BCUT2D eigenvalue weighted by Gasteiger charge is -2.47. The Labute approximate surface area is 119 Å².